The molecule has 0 atom stereocenters. The molecular weight excluding hydrogens is 348 g/mol. The molecule has 0 spiro atoms. The Hall–Kier alpha value is -1.53. The normalized spacial score (nSPS) is 11.5. The fourth-order valence-corrected chi connectivity index (χ4v) is 3.19. The van der Waals surface area contributed by atoms with E-state index in [0.29, 0.717) is 27.6 Å². The van der Waals surface area contributed by atoms with Crippen molar-refractivity contribution in [2.75, 3.05) is 5.75 Å². The van der Waals surface area contributed by atoms with Crippen molar-refractivity contribution in [3.05, 3.63) is 33.6 Å². The molecule has 5 nitrogen and oxygen atoms in total. The van der Waals surface area contributed by atoms with Crippen molar-refractivity contribution in [1.29, 1.82) is 0 Å². The van der Waals surface area contributed by atoms with Crippen molar-refractivity contribution in [2.45, 2.75) is 45.5 Å². The Labute approximate surface area is 150 Å². The van der Waals surface area contributed by atoms with Crippen LogP contribution in [0.4, 0.5) is 0 Å². The van der Waals surface area contributed by atoms with Gasteiger partial charge >= 0.3 is 5.97 Å². The Morgan fingerprint density at radius 3 is 2.67 bits per heavy atom. The van der Waals surface area contributed by atoms with Crippen LogP contribution in [0.1, 0.15) is 27.7 Å². The molecule has 24 heavy (non-hydrogen) atoms. The van der Waals surface area contributed by atoms with E-state index in [0.717, 1.165) is 0 Å². The molecule has 0 amide bonds. The first-order chi connectivity index (χ1) is 11.3. The van der Waals surface area contributed by atoms with Gasteiger partial charge in [0.25, 0.3) is 5.56 Å². The average Bonchev–Trinajstić information content (AvgIpc) is 2.48. The predicted molar refractivity (Wildman–Crippen MR) is 97.8 cm³/mol. The van der Waals surface area contributed by atoms with E-state index in [4.69, 9.17) is 16.3 Å². The van der Waals surface area contributed by atoms with Gasteiger partial charge in [0.15, 0.2) is 5.16 Å². The molecule has 0 aliphatic heterocycles. The third-order valence-corrected chi connectivity index (χ3v) is 4.30. The van der Waals surface area contributed by atoms with E-state index in [2.05, 4.69) is 4.98 Å². The summed E-state index contributed by atoms with van der Waals surface area (Å²) in [7, 11) is 0. The van der Waals surface area contributed by atoms with Gasteiger partial charge in [-0.25, -0.2) is 4.98 Å². The maximum absolute atomic E-state index is 12.8. The first-order valence-corrected chi connectivity index (χ1v) is 9.16. The van der Waals surface area contributed by atoms with Crippen LogP contribution >= 0.6 is 23.4 Å². The molecule has 1 heterocycles. The zero-order valence-electron chi connectivity index (χ0n) is 14.2. The van der Waals surface area contributed by atoms with Gasteiger partial charge < -0.3 is 4.74 Å². The number of rotatable bonds is 6. The minimum absolute atomic E-state index is 0.113. The van der Waals surface area contributed by atoms with Gasteiger partial charge in [-0.2, -0.15) is 0 Å². The summed E-state index contributed by atoms with van der Waals surface area (Å²) in [4.78, 5) is 29.1. The van der Waals surface area contributed by atoms with Crippen molar-refractivity contribution >= 4 is 40.2 Å². The van der Waals surface area contributed by atoms with Gasteiger partial charge in [-0.15, -0.1) is 0 Å². The molecular formula is C17H21ClN2O3S. The first-order valence-electron chi connectivity index (χ1n) is 7.80. The third kappa shape index (κ3) is 4.74. The Balaban J connectivity index is 2.41. The van der Waals surface area contributed by atoms with E-state index in [1.165, 1.54) is 11.8 Å². The lowest BCUT2D eigenvalue weighted by Crippen LogP contribution is -2.26. The molecule has 0 bridgehead atoms. The average molecular weight is 369 g/mol. The van der Waals surface area contributed by atoms with Crippen LogP contribution in [0.5, 0.6) is 0 Å². The van der Waals surface area contributed by atoms with E-state index >= 15 is 0 Å². The molecule has 0 saturated heterocycles. The van der Waals surface area contributed by atoms with Crippen molar-refractivity contribution in [2.24, 2.45) is 5.92 Å². The molecule has 130 valence electrons. The summed E-state index contributed by atoms with van der Waals surface area (Å²) >= 11 is 7.21. The number of hydrogen-bond donors (Lipinski definition) is 0. The van der Waals surface area contributed by atoms with Crippen LogP contribution in [0.2, 0.25) is 5.02 Å². The van der Waals surface area contributed by atoms with Gasteiger partial charge in [-0.05, 0) is 38.0 Å². The molecule has 0 N–H and O–H groups in total. The molecule has 2 rings (SSSR count). The smallest absolute Gasteiger partial charge is 0.316 e. The van der Waals surface area contributed by atoms with Gasteiger partial charge in [0.2, 0.25) is 0 Å². The zero-order chi connectivity index (χ0) is 17.9. The number of halogens is 1. The monoisotopic (exact) mass is 368 g/mol. The summed E-state index contributed by atoms with van der Waals surface area (Å²) < 4.78 is 6.74. The lowest BCUT2D eigenvalue weighted by Gasteiger charge is -2.15. The lowest BCUT2D eigenvalue weighted by atomic mass is 10.2. The number of hydrogen-bond acceptors (Lipinski definition) is 5. The summed E-state index contributed by atoms with van der Waals surface area (Å²) in [6.45, 7) is 8.17. The first kappa shape index (κ1) is 18.8. The molecule has 2 aromatic rings. The van der Waals surface area contributed by atoms with Crippen LogP contribution < -0.4 is 5.56 Å². The second kappa shape index (κ2) is 8.03. The van der Waals surface area contributed by atoms with Gasteiger partial charge in [0, 0.05) is 11.6 Å². The fourth-order valence-electron chi connectivity index (χ4n) is 2.23. The number of esters is 1. The summed E-state index contributed by atoms with van der Waals surface area (Å²) in [5.41, 5.74) is 0.431. The van der Waals surface area contributed by atoms with Crippen molar-refractivity contribution < 1.29 is 9.53 Å². The molecule has 0 fully saturated rings. The number of aromatic nitrogens is 2. The van der Waals surface area contributed by atoms with Gasteiger partial charge in [-0.1, -0.05) is 37.2 Å². The minimum atomic E-state index is -0.323. The summed E-state index contributed by atoms with van der Waals surface area (Å²) in [6.07, 6.45) is -0.164. The van der Waals surface area contributed by atoms with Crippen molar-refractivity contribution in [3.63, 3.8) is 0 Å². The number of carbonyl (C=O) groups is 1. The Kier molecular flexibility index (Phi) is 6.29. The number of benzene rings is 1. The molecule has 0 unspecified atom stereocenters. The number of fused-ring (bicyclic) bond motifs is 1. The van der Waals surface area contributed by atoms with Crippen molar-refractivity contribution in [1.82, 2.24) is 9.55 Å². The second-order valence-electron chi connectivity index (χ2n) is 6.19. The maximum Gasteiger partial charge on any atom is 0.316 e. The van der Waals surface area contributed by atoms with Gasteiger partial charge in [0.05, 0.1) is 22.8 Å². The molecule has 1 aromatic carbocycles. The highest BCUT2D eigenvalue weighted by atomic mass is 35.5. The van der Waals surface area contributed by atoms with E-state index in [9.17, 15) is 9.59 Å². The van der Waals surface area contributed by atoms with Crippen LogP contribution in [0, 0.1) is 5.92 Å². The molecule has 1 aromatic heterocycles. The molecule has 0 saturated carbocycles. The van der Waals surface area contributed by atoms with E-state index in [1.54, 1.807) is 36.6 Å². The van der Waals surface area contributed by atoms with E-state index in [1.807, 2.05) is 13.8 Å². The largest absolute Gasteiger partial charge is 0.462 e. The van der Waals surface area contributed by atoms with Crippen LogP contribution in [-0.4, -0.2) is 27.4 Å². The predicted octanol–water partition coefficient (Wildman–Crippen LogP) is 3.75. The highest BCUT2D eigenvalue weighted by Crippen LogP contribution is 2.21. The SMILES string of the molecule is CC(C)Cn1c(SCC(=O)OC(C)C)nc2ccc(Cl)cc2c1=O. The molecule has 0 radical (unpaired) electrons. The highest BCUT2D eigenvalue weighted by molar-refractivity contribution is 7.99. The number of carbonyl (C=O) groups excluding carboxylic acids is 1. The topological polar surface area (TPSA) is 61.2 Å². The Morgan fingerprint density at radius 2 is 2.04 bits per heavy atom. The Bertz CT molecular complexity index is 802. The minimum Gasteiger partial charge on any atom is -0.462 e. The number of ether oxygens (including phenoxy) is 1. The highest BCUT2D eigenvalue weighted by Gasteiger charge is 2.15. The summed E-state index contributed by atoms with van der Waals surface area (Å²) in [5, 5.41) is 1.50. The maximum atomic E-state index is 12.8. The van der Waals surface area contributed by atoms with E-state index < -0.39 is 0 Å². The fraction of sp³-hybridized carbons (Fsp3) is 0.471. The standard InChI is InChI=1S/C17H21ClN2O3S/c1-10(2)8-20-16(22)13-7-12(18)5-6-14(13)19-17(20)24-9-15(21)23-11(3)4/h5-7,10-11H,8-9H2,1-4H3. The summed E-state index contributed by atoms with van der Waals surface area (Å²) in [5.74, 6) is 0.0570. The third-order valence-electron chi connectivity index (χ3n) is 3.12. The quantitative estimate of drug-likeness (QED) is 0.441. The Morgan fingerprint density at radius 1 is 1.33 bits per heavy atom. The zero-order valence-corrected chi connectivity index (χ0v) is 15.8. The van der Waals surface area contributed by atoms with Crippen LogP contribution in [-0.2, 0) is 16.1 Å². The molecule has 0 aliphatic carbocycles. The molecule has 0 aliphatic rings. The van der Waals surface area contributed by atoms with E-state index in [-0.39, 0.29) is 29.3 Å². The van der Waals surface area contributed by atoms with Crippen LogP contribution in [0.15, 0.2) is 28.2 Å². The van der Waals surface area contributed by atoms with Gasteiger partial charge in [-0.3, -0.25) is 14.2 Å². The van der Waals surface area contributed by atoms with Gasteiger partial charge in [0.1, 0.15) is 0 Å². The van der Waals surface area contributed by atoms with Crippen LogP contribution in [0.25, 0.3) is 10.9 Å². The number of nitrogens with zero attached hydrogens (tertiary/aromatic N) is 2. The number of thioether (sulfide) groups is 1. The second-order valence-corrected chi connectivity index (χ2v) is 7.57. The van der Waals surface area contributed by atoms with Crippen molar-refractivity contribution in [3.8, 4) is 0 Å². The molecule has 7 heteroatoms. The summed E-state index contributed by atoms with van der Waals surface area (Å²) in [6, 6.07) is 5.05. The lowest BCUT2D eigenvalue weighted by molar-refractivity contribution is -0.144. The van der Waals surface area contributed by atoms with Crippen LogP contribution in [0.3, 0.4) is 0 Å².